The Morgan fingerprint density at radius 3 is 2.58 bits per heavy atom. The van der Waals surface area contributed by atoms with Crippen molar-refractivity contribution in [2.24, 2.45) is 5.92 Å². The normalized spacial score (nSPS) is 18.0. The second-order valence-corrected chi connectivity index (χ2v) is 8.09. The van der Waals surface area contributed by atoms with Gasteiger partial charge in [-0.3, -0.25) is 14.7 Å². The van der Waals surface area contributed by atoms with E-state index in [4.69, 9.17) is 0 Å². The summed E-state index contributed by atoms with van der Waals surface area (Å²) in [4.78, 5) is 25.8. The van der Waals surface area contributed by atoms with Crippen molar-refractivity contribution >= 4 is 29.6 Å². The average Bonchev–Trinajstić information content (AvgIpc) is 3.38. The third kappa shape index (κ3) is 4.90. The number of carbonyl (C=O) groups excluding carboxylic acids is 2. The van der Waals surface area contributed by atoms with Gasteiger partial charge in [0.2, 0.25) is 11.9 Å². The number of thioether (sulfide) groups is 1. The van der Waals surface area contributed by atoms with Crippen LogP contribution in [0, 0.1) is 5.92 Å². The van der Waals surface area contributed by atoms with Gasteiger partial charge in [0.1, 0.15) is 0 Å². The van der Waals surface area contributed by atoms with Gasteiger partial charge in [0, 0.05) is 25.7 Å². The monoisotopic (exact) mass is 380 g/mol. The first-order valence-electron chi connectivity index (χ1n) is 9.48. The lowest BCUT2D eigenvalue weighted by atomic mass is 10.00. The number of anilines is 1. The number of amides is 3. The highest BCUT2D eigenvalue weighted by atomic mass is 32.2. The summed E-state index contributed by atoms with van der Waals surface area (Å²) in [6.45, 7) is 6.83. The highest BCUT2D eigenvalue weighted by Crippen LogP contribution is 2.41. The molecule has 144 valence electrons. The third-order valence-corrected chi connectivity index (χ3v) is 5.69. The molecule has 0 bridgehead atoms. The van der Waals surface area contributed by atoms with Crippen LogP contribution in [0.3, 0.4) is 0 Å². The number of nitrogens with one attached hydrogen (secondary N) is 2. The Bertz CT molecular complexity index is 637. The number of hydrogen-bond acceptors (Lipinski definition) is 6. The Balaban J connectivity index is 1.58. The second-order valence-electron chi connectivity index (χ2n) is 7.15. The van der Waals surface area contributed by atoms with Crippen LogP contribution in [0.1, 0.15) is 52.0 Å². The first kappa shape index (κ1) is 19.0. The summed E-state index contributed by atoms with van der Waals surface area (Å²) in [5.41, 5.74) is 0. The number of nitrogens with zero attached hydrogens (tertiary/aromatic N) is 4. The zero-order valence-corrected chi connectivity index (χ0v) is 16.3. The fourth-order valence-corrected chi connectivity index (χ4v) is 3.82. The van der Waals surface area contributed by atoms with Crippen LogP contribution in [0.4, 0.5) is 10.7 Å². The van der Waals surface area contributed by atoms with Crippen molar-refractivity contribution in [1.29, 1.82) is 0 Å². The lowest BCUT2D eigenvalue weighted by Gasteiger charge is -2.31. The number of carbonyl (C=O) groups is 2. The van der Waals surface area contributed by atoms with Crippen LogP contribution in [0.25, 0.3) is 0 Å². The van der Waals surface area contributed by atoms with Crippen LogP contribution in [-0.4, -0.2) is 52.1 Å². The minimum atomic E-state index is -0.441. The molecule has 0 spiro atoms. The Kier molecular flexibility index (Phi) is 6.39. The molecule has 0 radical (unpaired) electrons. The van der Waals surface area contributed by atoms with E-state index in [1.54, 1.807) is 0 Å². The van der Waals surface area contributed by atoms with Crippen molar-refractivity contribution in [3.05, 3.63) is 0 Å². The zero-order valence-electron chi connectivity index (χ0n) is 15.5. The second kappa shape index (κ2) is 8.75. The van der Waals surface area contributed by atoms with Crippen molar-refractivity contribution in [2.45, 2.75) is 57.1 Å². The lowest BCUT2D eigenvalue weighted by molar-refractivity contribution is -0.117. The standard InChI is InChI=1S/C17H28N6O2S/c1-3-8-18-15(25)19-14(24)11-26-17-21-20-16(23(17)13-4-5-13)22-9-6-12(2)7-10-22/h12-13H,3-11H2,1-2H3,(H2,18,19,24,25). The molecule has 1 aromatic rings. The summed E-state index contributed by atoms with van der Waals surface area (Å²) in [6, 6.07) is 0.00185. The zero-order chi connectivity index (χ0) is 18.5. The van der Waals surface area contributed by atoms with Crippen LogP contribution in [-0.2, 0) is 4.79 Å². The number of piperidine rings is 1. The molecule has 3 rings (SSSR count). The Labute approximate surface area is 158 Å². The van der Waals surface area contributed by atoms with Gasteiger partial charge in [0.05, 0.1) is 5.75 Å². The lowest BCUT2D eigenvalue weighted by Crippen LogP contribution is -2.40. The molecule has 0 unspecified atom stereocenters. The number of aromatic nitrogens is 3. The van der Waals surface area contributed by atoms with E-state index in [0.29, 0.717) is 12.6 Å². The molecule has 0 atom stereocenters. The molecule has 1 aromatic heterocycles. The fraction of sp³-hybridized carbons (Fsp3) is 0.765. The van der Waals surface area contributed by atoms with E-state index in [1.807, 2.05) is 6.92 Å². The van der Waals surface area contributed by atoms with Crippen LogP contribution in [0.2, 0.25) is 0 Å². The van der Waals surface area contributed by atoms with E-state index >= 15 is 0 Å². The Morgan fingerprint density at radius 2 is 1.92 bits per heavy atom. The summed E-state index contributed by atoms with van der Waals surface area (Å²) in [7, 11) is 0. The fourth-order valence-electron chi connectivity index (χ4n) is 3.02. The Morgan fingerprint density at radius 1 is 1.19 bits per heavy atom. The van der Waals surface area contributed by atoms with E-state index < -0.39 is 6.03 Å². The molecule has 1 saturated carbocycles. The molecule has 2 aliphatic rings. The smallest absolute Gasteiger partial charge is 0.321 e. The van der Waals surface area contributed by atoms with Gasteiger partial charge in [0.15, 0.2) is 5.16 Å². The molecule has 3 amide bonds. The maximum atomic E-state index is 12.0. The van der Waals surface area contributed by atoms with Gasteiger partial charge in [-0.05, 0) is 38.0 Å². The molecular formula is C17H28N6O2S. The molecule has 2 fully saturated rings. The average molecular weight is 381 g/mol. The van der Waals surface area contributed by atoms with Gasteiger partial charge in [-0.1, -0.05) is 25.6 Å². The molecule has 2 N–H and O–H groups in total. The molecule has 1 aliphatic heterocycles. The van der Waals surface area contributed by atoms with Crippen LogP contribution >= 0.6 is 11.8 Å². The molecule has 0 aromatic carbocycles. The van der Waals surface area contributed by atoms with E-state index in [1.165, 1.54) is 24.6 Å². The minimum absolute atomic E-state index is 0.154. The van der Waals surface area contributed by atoms with Crippen molar-refractivity contribution in [3.63, 3.8) is 0 Å². The molecule has 9 heteroatoms. The highest BCUT2D eigenvalue weighted by molar-refractivity contribution is 7.99. The predicted octanol–water partition coefficient (Wildman–Crippen LogP) is 2.18. The SMILES string of the molecule is CCCNC(=O)NC(=O)CSc1nnc(N2CCC(C)CC2)n1C1CC1. The summed E-state index contributed by atoms with van der Waals surface area (Å²) >= 11 is 1.35. The maximum absolute atomic E-state index is 12.0. The maximum Gasteiger partial charge on any atom is 0.321 e. The topological polar surface area (TPSA) is 92.2 Å². The van der Waals surface area contributed by atoms with Crippen LogP contribution in [0.5, 0.6) is 0 Å². The molecule has 8 nitrogen and oxygen atoms in total. The minimum Gasteiger partial charge on any atom is -0.341 e. The van der Waals surface area contributed by atoms with E-state index in [-0.39, 0.29) is 11.7 Å². The van der Waals surface area contributed by atoms with Gasteiger partial charge in [0.25, 0.3) is 0 Å². The molecule has 2 heterocycles. The first-order chi connectivity index (χ1) is 12.6. The number of imide groups is 1. The summed E-state index contributed by atoms with van der Waals surface area (Å²) in [6.07, 6.45) is 5.45. The molecule has 1 aliphatic carbocycles. The summed E-state index contributed by atoms with van der Waals surface area (Å²) < 4.78 is 2.19. The molecular weight excluding hydrogens is 352 g/mol. The Hall–Kier alpha value is -1.77. The van der Waals surface area contributed by atoms with Crippen LogP contribution in [0.15, 0.2) is 5.16 Å². The van der Waals surface area contributed by atoms with Crippen molar-refractivity contribution in [2.75, 3.05) is 30.3 Å². The van der Waals surface area contributed by atoms with E-state index in [2.05, 4.69) is 37.2 Å². The largest absolute Gasteiger partial charge is 0.341 e. The van der Waals surface area contributed by atoms with Gasteiger partial charge < -0.3 is 10.2 Å². The van der Waals surface area contributed by atoms with Gasteiger partial charge in [-0.2, -0.15) is 0 Å². The van der Waals surface area contributed by atoms with E-state index in [9.17, 15) is 9.59 Å². The highest BCUT2D eigenvalue weighted by Gasteiger charge is 2.32. The summed E-state index contributed by atoms with van der Waals surface area (Å²) in [5, 5.41) is 14.5. The molecule has 1 saturated heterocycles. The number of urea groups is 1. The molecule has 26 heavy (non-hydrogen) atoms. The number of hydrogen-bond donors (Lipinski definition) is 2. The van der Waals surface area contributed by atoms with Crippen molar-refractivity contribution in [3.8, 4) is 0 Å². The third-order valence-electron chi connectivity index (χ3n) is 4.75. The van der Waals surface area contributed by atoms with Crippen molar-refractivity contribution < 1.29 is 9.59 Å². The van der Waals surface area contributed by atoms with Gasteiger partial charge in [-0.25, -0.2) is 4.79 Å². The van der Waals surface area contributed by atoms with Gasteiger partial charge in [-0.15, -0.1) is 10.2 Å². The predicted molar refractivity (Wildman–Crippen MR) is 101 cm³/mol. The number of rotatable bonds is 7. The first-order valence-corrected chi connectivity index (χ1v) is 10.5. The van der Waals surface area contributed by atoms with Crippen LogP contribution < -0.4 is 15.5 Å². The van der Waals surface area contributed by atoms with E-state index in [0.717, 1.165) is 49.4 Å². The summed E-state index contributed by atoms with van der Waals surface area (Å²) in [5.74, 6) is 1.53. The quantitative estimate of drug-likeness (QED) is 0.705. The van der Waals surface area contributed by atoms with Gasteiger partial charge >= 0.3 is 6.03 Å². The van der Waals surface area contributed by atoms with Crippen molar-refractivity contribution in [1.82, 2.24) is 25.4 Å².